The summed E-state index contributed by atoms with van der Waals surface area (Å²) >= 11 is 11.6. The highest BCUT2D eigenvalue weighted by Crippen LogP contribution is 2.34. The zero-order valence-corrected chi connectivity index (χ0v) is 19.2. The molecule has 1 aliphatic heterocycles. The van der Waals surface area contributed by atoms with Gasteiger partial charge in [0.2, 0.25) is 0 Å². The standard InChI is InChI=1S/C22H24ClN5O3S/c1-29-19-12-15-18(13-20(19)31-11-8-28-6-9-30-10-7-28)24-14-25-21(15)27-22(32)26-17-5-3-2-4-16(17)23/h2-5,12-14H,6-11H2,1H3,(H2,24,25,26,27,32). The Balaban J connectivity index is 1.48. The Morgan fingerprint density at radius 1 is 1.16 bits per heavy atom. The van der Waals surface area contributed by atoms with Crippen molar-refractivity contribution in [2.75, 3.05) is 57.2 Å². The number of para-hydroxylation sites is 1. The average Bonchev–Trinajstić information content (AvgIpc) is 2.81. The van der Waals surface area contributed by atoms with Gasteiger partial charge < -0.3 is 24.8 Å². The minimum Gasteiger partial charge on any atom is -0.493 e. The van der Waals surface area contributed by atoms with Gasteiger partial charge in [0.15, 0.2) is 16.6 Å². The quantitative estimate of drug-likeness (QED) is 0.498. The number of morpholine rings is 1. The van der Waals surface area contributed by atoms with E-state index in [-0.39, 0.29) is 0 Å². The number of thiocarbonyl (C=S) groups is 1. The molecule has 0 saturated carbocycles. The molecule has 1 saturated heterocycles. The van der Waals surface area contributed by atoms with Gasteiger partial charge in [-0.05, 0) is 30.4 Å². The van der Waals surface area contributed by atoms with Crippen molar-refractivity contribution in [3.8, 4) is 11.5 Å². The number of halogens is 1. The number of ether oxygens (including phenoxy) is 3. The Hall–Kier alpha value is -2.72. The van der Waals surface area contributed by atoms with Crippen LogP contribution in [0.1, 0.15) is 0 Å². The van der Waals surface area contributed by atoms with Crippen molar-refractivity contribution >= 4 is 51.3 Å². The minimum atomic E-state index is 0.364. The number of benzene rings is 2. The third-order valence-corrected chi connectivity index (χ3v) is 5.58. The van der Waals surface area contributed by atoms with Gasteiger partial charge in [-0.1, -0.05) is 23.7 Å². The molecule has 1 aromatic heterocycles. The van der Waals surface area contributed by atoms with Crippen LogP contribution in [0.15, 0.2) is 42.7 Å². The molecular weight excluding hydrogens is 450 g/mol. The zero-order valence-electron chi connectivity index (χ0n) is 17.6. The monoisotopic (exact) mass is 473 g/mol. The lowest BCUT2D eigenvalue weighted by Crippen LogP contribution is -2.38. The van der Waals surface area contributed by atoms with Crippen LogP contribution in [-0.2, 0) is 4.74 Å². The molecule has 0 bridgehead atoms. The predicted molar refractivity (Wildman–Crippen MR) is 130 cm³/mol. The van der Waals surface area contributed by atoms with Crippen LogP contribution in [0.2, 0.25) is 5.02 Å². The molecule has 2 aromatic carbocycles. The van der Waals surface area contributed by atoms with Crippen molar-refractivity contribution in [2.24, 2.45) is 0 Å². The van der Waals surface area contributed by atoms with Crippen LogP contribution in [0.5, 0.6) is 11.5 Å². The first-order valence-electron chi connectivity index (χ1n) is 10.2. The third kappa shape index (κ3) is 5.55. The van der Waals surface area contributed by atoms with Gasteiger partial charge in [0.25, 0.3) is 0 Å². The van der Waals surface area contributed by atoms with Crippen LogP contribution in [0, 0.1) is 0 Å². The smallest absolute Gasteiger partial charge is 0.176 e. The molecule has 3 aromatic rings. The molecule has 1 aliphatic rings. The van der Waals surface area contributed by atoms with Crippen molar-refractivity contribution in [1.82, 2.24) is 14.9 Å². The first-order chi connectivity index (χ1) is 15.6. The topological polar surface area (TPSA) is 80.8 Å². The Morgan fingerprint density at radius 3 is 2.75 bits per heavy atom. The number of methoxy groups -OCH3 is 1. The number of nitrogens with one attached hydrogen (secondary N) is 2. The fraction of sp³-hybridized carbons (Fsp3) is 0.318. The van der Waals surface area contributed by atoms with Crippen molar-refractivity contribution in [2.45, 2.75) is 0 Å². The van der Waals surface area contributed by atoms with E-state index in [1.165, 1.54) is 6.33 Å². The van der Waals surface area contributed by atoms with Gasteiger partial charge in [-0.25, -0.2) is 9.97 Å². The number of aromatic nitrogens is 2. The maximum atomic E-state index is 6.20. The van der Waals surface area contributed by atoms with Crippen LogP contribution in [-0.4, -0.2) is 66.5 Å². The van der Waals surface area contributed by atoms with E-state index in [1.807, 2.05) is 30.3 Å². The second-order valence-electron chi connectivity index (χ2n) is 7.10. The molecule has 0 atom stereocenters. The molecule has 10 heteroatoms. The van der Waals surface area contributed by atoms with Crippen molar-refractivity contribution in [1.29, 1.82) is 0 Å². The number of hydrogen-bond acceptors (Lipinski definition) is 7. The van der Waals surface area contributed by atoms with Crippen molar-refractivity contribution < 1.29 is 14.2 Å². The summed E-state index contributed by atoms with van der Waals surface area (Å²) < 4.78 is 17.0. The molecule has 2 N–H and O–H groups in total. The lowest BCUT2D eigenvalue weighted by atomic mass is 10.2. The summed E-state index contributed by atoms with van der Waals surface area (Å²) in [6, 6.07) is 11.1. The van der Waals surface area contributed by atoms with E-state index in [9.17, 15) is 0 Å². The zero-order chi connectivity index (χ0) is 22.3. The lowest BCUT2D eigenvalue weighted by Gasteiger charge is -2.26. The lowest BCUT2D eigenvalue weighted by molar-refractivity contribution is 0.0321. The molecule has 32 heavy (non-hydrogen) atoms. The number of anilines is 2. The summed E-state index contributed by atoms with van der Waals surface area (Å²) in [5, 5.41) is 7.89. The van der Waals surface area contributed by atoms with Crippen molar-refractivity contribution in [3.05, 3.63) is 47.7 Å². The fourth-order valence-electron chi connectivity index (χ4n) is 3.37. The first kappa shape index (κ1) is 22.5. The predicted octanol–water partition coefficient (Wildman–Crippen LogP) is 3.81. The van der Waals surface area contributed by atoms with Crippen LogP contribution >= 0.6 is 23.8 Å². The third-order valence-electron chi connectivity index (χ3n) is 5.04. The van der Waals surface area contributed by atoms with E-state index in [2.05, 4.69) is 25.5 Å². The van der Waals surface area contributed by atoms with Gasteiger partial charge in [0.1, 0.15) is 18.8 Å². The number of rotatable bonds is 7. The molecule has 4 rings (SSSR count). The summed E-state index contributed by atoms with van der Waals surface area (Å²) in [5.74, 6) is 1.79. The summed E-state index contributed by atoms with van der Waals surface area (Å²) in [5.41, 5.74) is 1.42. The molecule has 168 valence electrons. The van der Waals surface area contributed by atoms with E-state index in [4.69, 9.17) is 38.0 Å². The van der Waals surface area contributed by atoms with E-state index in [1.54, 1.807) is 13.2 Å². The molecule has 0 spiro atoms. The highest BCUT2D eigenvalue weighted by atomic mass is 35.5. The molecule has 0 aliphatic carbocycles. The number of hydrogen-bond donors (Lipinski definition) is 2. The highest BCUT2D eigenvalue weighted by Gasteiger charge is 2.14. The van der Waals surface area contributed by atoms with Crippen LogP contribution < -0.4 is 20.1 Å². The van der Waals surface area contributed by atoms with Gasteiger partial charge in [-0.3, -0.25) is 4.90 Å². The maximum Gasteiger partial charge on any atom is 0.176 e. The molecule has 0 unspecified atom stereocenters. The second-order valence-corrected chi connectivity index (χ2v) is 7.92. The second kappa shape index (κ2) is 10.7. The maximum absolute atomic E-state index is 6.20. The fourth-order valence-corrected chi connectivity index (χ4v) is 3.76. The first-order valence-corrected chi connectivity index (χ1v) is 11.0. The molecule has 2 heterocycles. The molecular formula is C22H24ClN5O3S. The van der Waals surface area contributed by atoms with Crippen LogP contribution in [0.25, 0.3) is 10.9 Å². The Morgan fingerprint density at radius 2 is 1.97 bits per heavy atom. The van der Waals surface area contributed by atoms with Gasteiger partial charge in [0.05, 0.1) is 36.6 Å². The average molecular weight is 474 g/mol. The summed E-state index contributed by atoms with van der Waals surface area (Å²) in [7, 11) is 1.61. The normalized spacial score (nSPS) is 14.2. The van der Waals surface area contributed by atoms with Gasteiger partial charge in [-0.15, -0.1) is 0 Å². The van der Waals surface area contributed by atoms with Gasteiger partial charge in [-0.2, -0.15) is 0 Å². The highest BCUT2D eigenvalue weighted by molar-refractivity contribution is 7.80. The summed E-state index contributed by atoms with van der Waals surface area (Å²) in [6.45, 7) is 4.73. The molecule has 8 nitrogen and oxygen atoms in total. The SMILES string of the molecule is COc1cc2c(NC(=S)Nc3ccccc3Cl)ncnc2cc1OCCN1CCOCC1. The Kier molecular flexibility index (Phi) is 7.54. The number of fused-ring (bicyclic) bond motifs is 1. The van der Waals surface area contributed by atoms with Gasteiger partial charge >= 0.3 is 0 Å². The van der Waals surface area contributed by atoms with E-state index in [0.29, 0.717) is 45.3 Å². The Labute approximate surface area is 196 Å². The summed E-state index contributed by atoms with van der Waals surface area (Å²) in [6.07, 6.45) is 1.48. The van der Waals surface area contributed by atoms with E-state index >= 15 is 0 Å². The molecule has 0 radical (unpaired) electrons. The molecule has 0 amide bonds. The van der Waals surface area contributed by atoms with Gasteiger partial charge in [0, 0.05) is 31.1 Å². The summed E-state index contributed by atoms with van der Waals surface area (Å²) in [4.78, 5) is 11.0. The number of nitrogens with zero attached hydrogens (tertiary/aromatic N) is 3. The Bertz CT molecular complexity index is 1090. The van der Waals surface area contributed by atoms with Crippen molar-refractivity contribution in [3.63, 3.8) is 0 Å². The van der Waals surface area contributed by atoms with E-state index < -0.39 is 0 Å². The van der Waals surface area contributed by atoms with Crippen LogP contribution in [0.3, 0.4) is 0 Å². The van der Waals surface area contributed by atoms with Crippen LogP contribution in [0.4, 0.5) is 11.5 Å². The largest absolute Gasteiger partial charge is 0.493 e. The molecule has 1 fully saturated rings. The van der Waals surface area contributed by atoms with E-state index in [0.717, 1.165) is 38.2 Å². The minimum absolute atomic E-state index is 0.364.